The Morgan fingerprint density at radius 1 is 1.25 bits per heavy atom. The van der Waals surface area contributed by atoms with Crippen LogP contribution in [-0.2, 0) is 4.79 Å². The molecular weight excluding hydrogens is 150 g/mol. The molecule has 0 radical (unpaired) electrons. The van der Waals surface area contributed by atoms with Gasteiger partial charge >= 0.3 is 0 Å². The Morgan fingerprint density at radius 3 is 2.58 bits per heavy atom. The number of carbonyl (C=O) groups is 1. The van der Waals surface area contributed by atoms with Gasteiger partial charge in [0.1, 0.15) is 0 Å². The summed E-state index contributed by atoms with van der Waals surface area (Å²) in [6.07, 6.45) is 11.1. The minimum Gasteiger partial charge on any atom is -0.394 e. The zero-order valence-corrected chi connectivity index (χ0v) is 7.21. The minimum absolute atomic E-state index is 0.289. The van der Waals surface area contributed by atoms with Gasteiger partial charge in [-0.2, -0.15) is 0 Å². The summed E-state index contributed by atoms with van der Waals surface area (Å²) in [5.74, 6) is 0.289. The summed E-state index contributed by atoms with van der Waals surface area (Å²) in [5.41, 5.74) is 0.948. The molecule has 1 rings (SSSR count). The van der Waals surface area contributed by atoms with E-state index in [1.165, 1.54) is 0 Å². The van der Waals surface area contributed by atoms with Gasteiger partial charge in [0.15, 0.2) is 5.78 Å². The highest BCUT2D eigenvalue weighted by molar-refractivity contribution is 6.01. The smallest absolute Gasteiger partial charge is 0.159 e. The van der Waals surface area contributed by atoms with Gasteiger partial charge in [0, 0.05) is 13.5 Å². The van der Waals surface area contributed by atoms with Crippen LogP contribution in [0.3, 0.4) is 0 Å². The number of hydrogen-bond donors (Lipinski definition) is 1. The lowest BCUT2D eigenvalue weighted by Crippen LogP contribution is -2.13. The van der Waals surface area contributed by atoms with Crippen molar-refractivity contribution in [3.63, 3.8) is 0 Å². The molecule has 2 nitrogen and oxygen atoms in total. The molecule has 0 bridgehead atoms. The monoisotopic (exact) mass is 163 g/mol. The van der Waals surface area contributed by atoms with Crippen molar-refractivity contribution in [1.29, 1.82) is 0 Å². The third-order valence-electron chi connectivity index (χ3n) is 1.76. The fourth-order valence-corrected chi connectivity index (χ4v) is 0.935. The van der Waals surface area contributed by atoms with E-state index in [0.29, 0.717) is 0 Å². The Hall–Kier alpha value is -1.31. The molecule has 64 valence electrons. The maximum Gasteiger partial charge on any atom is 0.159 e. The Bertz CT molecular complexity index is 249. The van der Waals surface area contributed by atoms with E-state index in [-0.39, 0.29) is 5.78 Å². The molecule has 2 heteroatoms. The van der Waals surface area contributed by atoms with Crippen molar-refractivity contribution in [2.24, 2.45) is 0 Å². The highest BCUT2D eigenvalue weighted by atomic mass is 16.1. The molecule has 12 heavy (non-hydrogen) atoms. The van der Waals surface area contributed by atoms with Gasteiger partial charge in [0.2, 0.25) is 0 Å². The molecule has 0 saturated heterocycles. The maximum absolute atomic E-state index is 10.8. The summed E-state index contributed by atoms with van der Waals surface area (Å²) in [4.78, 5) is 10.8. The predicted octanol–water partition coefficient (Wildman–Crippen LogP) is 1.56. The first-order valence-electron chi connectivity index (χ1n) is 4.07. The van der Waals surface area contributed by atoms with E-state index >= 15 is 0 Å². The van der Waals surface area contributed by atoms with Crippen LogP contribution in [0.5, 0.6) is 0 Å². The van der Waals surface area contributed by atoms with Crippen molar-refractivity contribution < 1.29 is 4.79 Å². The van der Waals surface area contributed by atoms with Gasteiger partial charge in [-0.1, -0.05) is 18.2 Å². The van der Waals surface area contributed by atoms with E-state index in [1.807, 2.05) is 37.6 Å². The van der Waals surface area contributed by atoms with E-state index < -0.39 is 0 Å². The highest BCUT2D eigenvalue weighted by Crippen LogP contribution is 2.20. The topological polar surface area (TPSA) is 29.1 Å². The number of Topliss-reactive ketones (excluding diaryl/α,β-unsaturated/α-hetero) is 1. The lowest BCUT2D eigenvalue weighted by Gasteiger charge is -2.12. The van der Waals surface area contributed by atoms with Crippen molar-refractivity contribution >= 4 is 5.78 Å². The normalized spacial score (nSPS) is 20.8. The SMILES string of the molecule is CNC=CC=CC=C1CCC1=O. The molecule has 0 unspecified atom stereocenters. The van der Waals surface area contributed by atoms with Crippen LogP contribution in [-0.4, -0.2) is 12.8 Å². The van der Waals surface area contributed by atoms with Crippen LogP contribution >= 0.6 is 0 Å². The number of nitrogens with one attached hydrogen (secondary N) is 1. The molecule has 1 aliphatic carbocycles. The average Bonchev–Trinajstić information content (AvgIpc) is 2.08. The van der Waals surface area contributed by atoms with E-state index in [4.69, 9.17) is 0 Å². The van der Waals surface area contributed by atoms with Crippen LogP contribution in [0.4, 0.5) is 0 Å². The van der Waals surface area contributed by atoms with E-state index in [9.17, 15) is 4.79 Å². The van der Waals surface area contributed by atoms with Crippen LogP contribution in [0.15, 0.2) is 36.1 Å². The molecule has 0 spiro atoms. The van der Waals surface area contributed by atoms with Crippen LogP contribution < -0.4 is 5.32 Å². The van der Waals surface area contributed by atoms with E-state index in [1.54, 1.807) is 0 Å². The maximum atomic E-state index is 10.8. The van der Waals surface area contributed by atoms with E-state index in [0.717, 1.165) is 18.4 Å². The molecule has 0 heterocycles. The third-order valence-corrected chi connectivity index (χ3v) is 1.76. The minimum atomic E-state index is 0.289. The molecule has 1 saturated carbocycles. The van der Waals surface area contributed by atoms with Crippen LogP contribution in [0.25, 0.3) is 0 Å². The Balaban J connectivity index is 2.33. The Kier molecular flexibility index (Phi) is 3.33. The van der Waals surface area contributed by atoms with Crippen molar-refractivity contribution in [3.05, 3.63) is 36.1 Å². The summed E-state index contributed by atoms with van der Waals surface area (Å²) < 4.78 is 0. The van der Waals surface area contributed by atoms with E-state index in [2.05, 4.69) is 5.32 Å². The average molecular weight is 163 g/mol. The van der Waals surface area contributed by atoms with Gasteiger partial charge in [0.25, 0.3) is 0 Å². The second kappa shape index (κ2) is 4.54. The summed E-state index contributed by atoms with van der Waals surface area (Å²) >= 11 is 0. The Labute approximate surface area is 72.7 Å². The van der Waals surface area contributed by atoms with Crippen molar-refractivity contribution in [2.45, 2.75) is 12.8 Å². The number of carbonyl (C=O) groups excluding carboxylic acids is 1. The summed E-state index contributed by atoms with van der Waals surface area (Å²) in [6, 6.07) is 0. The Morgan fingerprint density at radius 2 is 2.08 bits per heavy atom. The van der Waals surface area contributed by atoms with Crippen LogP contribution in [0, 0.1) is 0 Å². The van der Waals surface area contributed by atoms with Crippen molar-refractivity contribution in [2.75, 3.05) is 7.05 Å². The van der Waals surface area contributed by atoms with Gasteiger partial charge < -0.3 is 5.32 Å². The second-order valence-corrected chi connectivity index (χ2v) is 2.65. The standard InChI is InChI=1S/C10H13NO/c1-11-8-4-2-3-5-9-6-7-10(9)12/h2-5,8,11H,6-7H2,1H3. The van der Waals surface area contributed by atoms with Crippen molar-refractivity contribution in [1.82, 2.24) is 5.32 Å². The largest absolute Gasteiger partial charge is 0.394 e. The third kappa shape index (κ3) is 2.38. The fraction of sp³-hybridized carbons (Fsp3) is 0.300. The second-order valence-electron chi connectivity index (χ2n) is 2.65. The zero-order chi connectivity index (χ0) is 8.81. The van der Waals surface area contributed by atoms with Gasteiger partial charge in [0.05, 0.1) is 0 Å². The number of allylic oxidation sites excluding steroid dienone is 5. The fourth-order valence-electron chi connectivity index (χ4n) is 0.935. The number of rotatable bonds is 3. The predicted molar refractivity (Wildman–Crippen MR) is 49.7 cm³/mol. The summed E-state index contributed by atoms with van der Waals surface area (Å²) in [6.45, 7) is 0. The number of ketones is 1. The lowest BCUT2D eigenvalue weighted by atomic mass is 9.90. The molecule has 0 aliphatic heterocycles. The van der Waals surface area contributed by atoms with Crippen LogP contribution in [0.1, 0.15) is 12.8 Å². The molecule has 0 amide bonds. The van der Waals surface area contributed by atoms with Crippen LogP contribution in [0.2, 0.25) is 0 Å². The van der Waals surface area contributed by atoms with Gasteiger partial charge in [-0.15, -0.1) is 0 Å². The zero-order valence-electron chi connectivity index (χ0n) is 7.21. The summed E-state index contributed by atoms with van der Waals surface area (Å²) in [5, 5.41) is 2.87. The summed E-state index contributed by atoms with van der Waals surface area (Å²) in [7, 11) is 1.85. The molecule has 0 atom stereocenters. The molecule has 1 fully saturated rings. The molecule has 0 aromatic rings. The number of hydrogen-bond acceptors (Lipinski definition) is 2. The van der Waals surface area contributed by atoms with Gasteiger partial charge in [-0.3, -0.25) is 4.79 Å². The van der Waals surface area contributed by atoms with Crippen molar-refractivity contribution in [3.8, 4) is 0 Å². The van der Waals surface area contributed by atoms with Gasteiger partial charge in [-0.05, 0) is 24.3 Å². The highest BCUT2D eigenvalue weighted by Gasteiger charge is 2.18. The first-order valence-corrected chi connectivity index (χ1v) is 4.07. The molecule has 0 aromatic heterocycles. The van der Waals surface area contributed by atoms with Gasteiger partial charge in [-0.25, -0.2) is 0 Å². The molecule has 0 aromatic carbocycles. The first-order chi connectivity index (χ1) is 5.84. The quantitative estimate of drug-likeness (QED) is 0.505. The molecular formula is C10H13NO. The first kappa shape index (κ1) is 8.78. The molecule has 1 N–H and O–H groups in total. The lowest BCUT2D eigenvalue weighted by molar-refractivity contribution is -0.118. The molecule has 1 aliphatic rings.